The fourth-order valence-corrected chi connectivity index (χ4v) is 0. The standard InChI is InChI=1S/C2H6.CH3.2Al.H2O2.O/c1-2;;;;1-2;/h1-2H3;1H3;;;1-2H;/q;;;+1;;/p-1. The first-order chi connectivity index (χ1) is 3.91. The summed E-state index contributed by atoms with van der Waals surface area (Å²) in [4.78, 5) is 0. The summed E-state index contributed by atoms with van der Waals surface area (Å²) in [6, 6.07) is 0. The van der Waals surface area contributed by atoms with Crippen molar-refractivity contribution in [1.29, 1.82) is 0 Å². The van der Waals surface area contributed by atoms with Crippen LogP contribution in [-0.2, 0) is 7.74 Å². The molecule has 0 aliphatic carbocycles. The Bertz CT molecular complexity index is 20.0. The van der Waals surface area contributed by atoms with Crippen LogP contribution >= 0.6 is 0 Å². The molecule has 3 nitrogen and oxygen atoms in total. The van der Waals surface area contributed by atoms with Crippen molar-refractivity contribution in [3.05, 3.63) is 0 Å². The molecule has 2 radical (unpaired) electrons. The predicted octanol–water partition coefficient (Wildman–Crippen LogP) is 0.670. The summed E-state index contributed by atoms with van der Waals surface area (Å²) in [6.45, 7) is 4.00. The van der Waals surface area contributed by atoms with Gasteiger partial charge in [0.25, 0.3) is 0 Å². The van der Waals surface area contributed by atoms with Gasteiger partial charge in [0, 0.05) is 0 Å². The molecule has 0 unspecified atom stereocenters. The van der Waals surface area contributed by atoms with Crippen LogP contribution in [0, 0.1) is 0 Å². The van der Waals surface area contributed by atoms with Gasteiger partial charge in [-0.15, -0.1) is 0 Å². The minimum atomic E-state index is -0.162. The molecule has 8 heavy (non-hydrogen) atoms. The van der Waals surface area contributed by atoms with E-state index in [1.54, 1.807) is 5.79 Å². The minimum absolute atomic E-state index is 0.162. The first-order valence-corrected chi connectivity index (χ1v) is 4.33. The van der Waals surface area contributed by atoms with E-state index in [0.29, 0.717) is 0 Å². The Labute approximate surface area is 64.7 Å². The van der Waals surface area contributed by atoms with Gasteiger partial charge in [0.15, 0.2) is 0 Å². The van der Waals surface area contributed by atoms with Crippen LogP contribution in [0.1, 0.15) is 13.8 Å². The van der Waals surface area contributed by atoms with Gasteiger partial charge in [0.1, 0.15) is 0 Å². The van der Waals surface area contributed by atoms with Crippen LogP contribution < -0.4 is 0 Å². The Morgan fingerprint density at radius 2 is 1.62 bits per heavy atom. The quantitative estimate of drug-likeness (QED) is 0.337. The molecule has 5 heteroatoms. The van der Waals surface area contributed by atoms with E-state index in [2.05, 4.69) is 3.94 Å². The van der Waals surface area contributed by atoms with E-state index in [4.69, 9.17) is 9.06 Å². The van der Waals surface area contributed by atoms with Crippen LogP contribution in [0.5, 0.6) is 0 Å². The van der Waals surface area contributed by atoms with Crippen LogP contribution in [-0.4, -0.2) is 37.0 Å². The molecular weight excluding hydrogens is 138 g/mol. The van der Waals surface area contributed by atoms with E-state index in [9.17, 15) is 0 Å². The van der Waals surface area contributed by atoms with Gasteiger partial charge in [-0.25, -0.2) is 0 Å². The molecule has 46 valence electrons. The van der Waals surface area contributed by atoms with Crippen molar-refractivity contribution in [1.82, 2.24) is 0 Å². The monoisotopic (exact) mass is 148 g/mol. The van der Waals surface area contributed by atoms with Gasteiger partial charge in [-0.2, -0.15) is 0 Å². The van der Waals surface area contributed by atoms with Crippen LogP contribution in [0.4, 0.5) is 0 Å². The maximum atomic E-state index is 8.17. The predicted molar refractivity (Wildman–Crippen MR) is 33.1 cm³/mol. The van der Waals surface area contributed by atoms with Crippen molar-refractivity contribution in [3.63, 3.8) is 0 Å². The van der Waals surface area contributed by atoms with Gasteiger partial charge >= 0.3 is 35.6 Å². The molecule has 0 atom stereocenters. The van der Waals surface area contributed by atoms with Crippen molar-refractivity contribution >= 4 is 31.8 Å². The van der Waals surface area contributed by atoms with E-state index in [1.165, 1.54) is 16.2 Å². The van der Waals surface area contributed by atoms with Gasteiger partial charge in [0.05, 0.1) is 0 Å². The summed E-state index contributed by atoms with van der Waals surface area (Å²) in [6.07, 6.45) is 0. The first-order valence-electron chi connectivity index (χ1n) is 2.23. The Morgan fingerprint density at radius 1 is 1.50 bits per heavy atom. The van der Waals surface area contributed by atoms with Gasteiger partial charge in [-0.1, -0.05) is 19.6 Å². The second-order valence-electron chi connectivity index (χ2n) is 0.341. The molecule has 0 saturated heterocycles. The average Bonchev–Trinajstić information content (AvgIpc) is 1.96. The molecule has 0 rings (SSSR count). The molecule has 0 saturated carbocycles. The number of rotatable bonds is 1. The van der Waals surface area contributed by atoms with E-state index >= 15 is 0 Å². The Morgan fingerprint density at radius 3 is 1.62 bits per heavy atom. The Hall–Kier alpha value is 0.785. The molecule has 0 aromatic carbocycles. The van der Waals surface area contributed by atoms with Crippen molar-refractivity contribution in [3.8, 4) is 0 Å². The van der Waals surface area contributed by atoms with E-state index < -0.39 is 0 Å². The molecule has 0 aliphatic heterocycles. The SMILES string of the molecule is CC.[CH3][Al][O]O.[O]=[Al]. The van der Waals surface area contributed by atoms with E-state index in [0.717, 1.165) is 0 Å². The van der Waals surface area contributed by atoms with Crippen LogP contribution in [0.3, 0.4) is 0 Å². The zero-order valence-corrected chi connectivity index (χ0v) is 7.73. The third-order valence-corrected chi connectivity index (χ3v) is 0.316. The van der Waals surface area contributed by atoms with Crippen molar-refractivity contribution in [2.24, 2.45) is 0 Å². The molecule has 0 aliphatic rings. The van der Waals surface area contributed by atoms with E-state index in [1.807, 2.05) is 13.8 Å². The maximum absolute atomic E-state index is 8.17. The summed E-state index contributed by atoms with van der Waals surface area (Å²) < 4.78 is 11.8. The zero-order chi connectivity index (χ0) is 7.41. The molecule has 0 heterocycles. The molecule has 0 aromatic heterocycles. The van der Waals surface area contributed by atoms with Gasteiger partial charge in [-0.3, -0.25) is 5.26 Å². The molecule has 0 bridgehead atoms. The fourth-order valence-electron chi connectivity index (χ4n) is 0. The number of hydrogen-bond donors (Lipinski definition) is 1. The molecule has 0 aromatic rings. The molecule has 1 N–H and O–H groups in total. The Kier molecular flexibility index (Phi) is 91.9. The van der Waals surface area contributed by atoms with Crippen molar-refractivity contribution < 1.29 is 13.0 Å². The van der Waals surface area contributed by atoms with E-state index in [-0.39, 0.29) is 15.6 Å². The van der Waals surface area contributed by atoms with Crippen LogP contribution in [0.15, 0.2) is 0 Å². The average molecular weight is 148 g/mol. The molecule has 0 amide bonds. The first kappa shape index (κ1) is 15.9. The van der Waals surface area contributed by atoms with Crippen molar-refractivity contribution in [2.75, 3.05) is 0 Å². The van der Waals surface area contributed by atoms with Crippen LogP contribution in [0.2, 0.25) is 5.79 Å². The molecule has 0 spiro atoms. The molecular formula is C3H10Al2O3. The summed E-state index contributed by atoms with van der Waals surface area (Å²) >= 11 is 1.00. The second-order valence-corrected chi connectivity index (χ2v) is 1.02. The normalized spacial score (nSPS) is 4.38. The zero-order valence-electron chi connectivity index (χ0n) is 5.42. The van der Waals surface area contributed by atoms with Gasteiger partial charge in [0.2, 0.25) is 0 Å². The third-order valence-electron chi connectivity index (χ3n) is 0.105. The topological polar surface area (TPSA) is 46.5 Å². The summed E-state index contributed by atoms with van der Waals surface area (Å²) in [5.41, 5.74) is 0. The second kappa shape index (κ2) is 46.2. The third kappa shape index (κ3) is 71.3. The summed E-state index contributed by atoms with van der Waals surface area (Å²) in [5, 5.41) is 7.41. The fraction of sp³-hybridized carbons (Fsp3) is 1.00. The molecule has 0 fully saturated rings. The summed E-state index contributed by atoms with van der Waals surface area (Å²) in [5.74, 6) is 1.79. The Balaban J connectivity index is -0.0000000542. The number of hydrogen-bond acceptors (Lipinski definition) is 3. The van der Waals surface area contributed by atoms with Gasteiger partial charge < -0.3 is 3.94 Å². The summed E-state index contributed by atoms with van der Waals surface area (Å²) in [7, 11) is 0. The van der Waals surface area contributed by atoms with Crippen LogP contribution in [0.25, 0.3) is 0 Å². The van der Waals surface area contributed by atoms with Gasteiger partial charge in [-0.05, 0) is 0 Å². The van der Waals surface area contributed by atoms with Crippen molar-refractivity contribution in [2.45, 2.75) is 19.6 Å².